The van der Waals surface area contributed by atoms with Gasteiger partial charge in [0.2, 0.25) is 5.91 Å². The molecule has 3 aromatic rings. The van der Waals surface area contributed by atoms with Gasteiger partial charge in [0.25, 0.3) is 5.91 Å². The number of nitrogens with one attached hydrogen (secondary N) is 2. The van der Waals surface area contributed by atoms with Gasteiger partial charge in [-0.05, 0) is 36.2 Å². The predicted octanol–water partition coefficient (Wildman–Crippen LogP) is 4.55. The standard InChI is InChI=1S/C24H26ClN3O2/c1-3-15(2)22(27-23(29)16-8-10-17(25)11-9-16)24(30)28-13-12-21-19(14-28)18-6-4-5-7-20(18)26-21/h4-11,15,22,26H,3,12-14H2,1-2H3,(H,27,29)/t15-,22+/m1/s1. The highest BCUT2D eigenvalue weighted by atomic mass is 35.5. The summed E-state index contributed by atoms with van der Waals surface area (Å²) in [6.07, 6.45) is 1.58. The Hall–Kier alpha value is -2.79. The van der Waals surface area contributed by atoms with Crippen molar-refractivity contribution in [2.24, 2.45) is 5.92 Å². The third-order valence-electron chi connectivity index (χ3n) is 6.07. The van der Waals surface area contributed by atoms with Crippen LogP contribution in [0.15, 0.2) is 48.5 Å². The lowest BCUT2D eigenvalue weighted by Crippen LogP contribution is -2.52. The molecule has 0 bridgehead atoms. The van der Waals surface area contributed by atoms with E-state index in [1.165, 1.54) is 11.3 Å². The third-order valence-corrected chi connectivity index (χ3v) is 6.32. The van der Waals surface area contributed by atoms with Crippen molar-refractivity contribution in [1.82, 2.24) is 15.2 Å². The van der Waals surface area contributed by atoms with Crippen LogP contribution in [-0.2, 0) is 17.8 Å². The van der Waals surface area contributed by atoms with E-state index in [2.05, 4.69) is 22.4 Å². The molecule has 0 saturated carbocycles. The molecule has 1 aliphatic heterocycles. The Labute approximate surface area is 181 Å². The Morgan fingerprint density at radius 2 is 1.90 bits per heavy atom. The number of nitrogens with zero attached hydrogens (tertiary/aromatic N) is 1. The zero-order valence-electron chi connectivity index (χ0n) is 17.2. The number of amides is 2. The SMILES string of the molecule is CC[C@@H](C)[C@H](NC(=O)c1ccc(Cl)cc1)C(=O)N1CCc2[nH]c3ccccc3c2C1. The molecule has 2 amide bonds. The summed E-state index contributed by atoms with van der Waals surface area (Å²) in [6, 6.07) is 14.3. The predicted molar refractivity (Wildman–Crippen MR) is 120 cm³/mol. The van der Waals surface area contributed by atoms with Crippen LogP contribution in [-0.4, -0.2) is 34.3 Å². The second-order valence-electron chi connectivity index (χ2n) is 7.98. The van der Waals surface area contributed by atoms with E-state index in [0.29, 0.717) is 23.7 Å². The van der Waals surface area contributed by atoms with Gasteiger partial charge in [-0.2, -0.15) is 0 Å². The van der Waals surface area contributed by atoms with Crippen molar-refractivity contribution >= 4 is 34.3 Å². The van der Waals surface area contributed by atoms with E-state index < -0.39 is 6.04 Å². The molecule has 2 N–H and O–H groups in total. The average Bonchev–Trinajstić information content (AvgIpc) is 3.14. The Morgan fingerprint density at radius 1 is 1.17 bits per heavy atom. The maximum absolute atomic E-state index is 13.5. The summed E-state index contributed by atoms with van der Waals surface area (Å²) in [6.45, 7) is 5.24. The summed E-state index contributed by atoms with van der Waals surface area (Å²) in [5, 5.41) is 4.71. The molecule has 156 valence electrons. The lowest BCUT2D eigenvalue weighted by molar-refractivity contribution is -0.135. The Morgan fingerprint density at radius 3 is 2.63 bits per heavy atom. The fourth-order valence-electron chi connectivity index (χ4n) is 4.06. The molecule has 0 spiro atoms. The molecule has 0 fully saturated rings. The molecule has 30 heavy (non-hydrogen) atoms. The molecule has 1 aliphatic rings. The molecule has 0 unspecified atom stereocenters. The number of fused-ring (bicyclic) bond motifs is 3. The average molecular weight is 424 g/mol. The summed E-state index contributed by atoms with van der Waals surface area (Å²) >= 11 is 5.93. The van der Waals surface area contributed by atoms with Gasteiger partial charge in [0.05, 0.1) is 0 Å². The zero-order chi connectivity index (χ0) is 21.3. The van der Waals surface area contributed by atoms with E-state index in [-0.39, 0.29) is 17.7 Å². The first-order valence-electron chi connectivity index (χ1n) is 10.4. The molecule has 5 nitrogen and oxygen atoms in total. The molecule has 0 radical (unpaired) electrons. The first kappa shape index (κ1) is 20.5. The topological polar surface area (TPSA) is 65.2 Å². The summed E-state index contributed by atoms with van der Waals surface area (Å²) in [5.41, 5.74) is 3.98. The largest absolute Gasteiger partial charge is 0.358 e. The van der Waals surface area contributed by atoms with Crippen LogP contribution in [0, 0.1) is 5.92 Å². The molecule has 2 heterocycles. The summed E-state index contributed by atoms with van der Waals surface area (Å²) < 4.78 is 0. The van der Waals surface area contributed by atoms with Gasteiger partial charge in [0, 0.05) is 52.3 Å². The Bertz CT molecular complexity index is 1070. The van der Waals surface area contributed by atoms with Crippen molar-refractivity contribution in [3.63, 3.8) is 0 Å². The van der Waals surface area contributed by atoms with E-state index in [4.69, 9.17) is 11.6 Å². The maximum Gasteiger partial charge on any atom is 0.251 e. The summed E-state index contributed by atoms with van der Waals surface area (Å²) in [5.74, 6) is -0.254. The fraction of sp³-hybridized carbons (Fsp3) is 0.333. The maximum atomic E-state index is 13.5. The lowest BCUT2D eigenvalue weighted by atomic mass is 9.95. The highest BCUT2D eigenvalue weighted by Crippen LogP contribution is 2.28. The van der Waals surface area contributed by atoms with Gasteiger partial charge >= 0.3 is 0 Å². The Balaban J connectivity index is 1.55. The Kier molecular flexibility index (Phi) is 5.82. The van der Waals surface area contributed by atoms with Crippen LogP contribution in [0.25, 0.3) is 10.9 Å². The molecule has 2 atom stereocenters. The van der Waals surface area contributed by atoms with E-state index in [9.17, 15) is 9.59 Å². The number of hydrogen-bond donors (Lipinski definition) is 2. The van der Waals surface area contributed by atoms with Crippen LogP contribution in [0.3, 0.4) is 0 Å². The van der Waals surface area contributed by atoms with Gasteiger partial charge in [0.15, 0.2) is 0 Å². The first-order chi connectivity index (χ1) is 14.5. The van der Waals surface area contributed by atoms with E-state index >= 15 is 0 Å². The van der Waals surface area contributed by atoms with E-state index in [0.717, 1.165) is 23.7 Å². The van der Waals surface area contributed by atoms with Gasteiger partial charge in [0.1, 0.15) is 6.04 Å². The molecule has 0 saturated heterocycles. The molecule has 1 aromatic heterocycles. The number of H-pyrrole nitrogens is 1. The van der Waals surface area contributed by atoms with Crippen molar-refractivity contribution in [2.45, 2.75) is 39.3 Å². The number of rotatable bonds is 5. The van der Waals surface area contributed by atoms with Gasteiger partial charge < -0.3 is 15.2 Å². The van der Waals surface area contributed by atoms with Crippen molar-refractivity contribution in [2.75, 3.05) is 6.54 Å². The number of halogens is 1. The fourth-order valence-corrected chi connectivity index (χ4v) is 4.19. The van der Waals surface area contributed by atoms with Gasteiger partial charge in [-0.25, -0.2) is 0 Å². The van der Waals surface area contributed by atoms with Crippen LogP contribution < -0.4 is 5.32 Å². The van der Waals surface area contributed by atoms with Crippen molar-refractivity contribution in [3.05, 3.63) is 70.4 Å². The van der Waals surface area contributed by atoms with Crippen molar-refractivity contribution in [3.8, 4) is 0 Å². The molecule has 0 aliphatic carbocycles. The molecule has 2 aromatic carbocycles. The minimum absolute atomic E-state index is 0.0254. The van der Waals surface area contributed by atoms with Crippen molar-refractivity contribution < 1.29 is 9.59 Å². The number of benzene rings is 2. The van der Waals surface area contributed by atoms with E-state index in [1.807, 2.05) is 30.9 Å². The highest BCUT2D eigenvalue weighted by molar-refractivity contribution is 6.30. The van der Waals surface area contributed by atoms with Gasteiger partial charge in [-0.15, -0.1) is 0 Å². The number of carbonyl (C=O) groups excluding carboxylic acids is 2. The number of para-hydroxylation sites is 1. The summed E-state index contributed by atoms with van der Waals surface area (Å²) in [7, 11) is 0. The zero-order valence-corrected chi connectivity index (χ0v) is 18.0. The molecular formula is C24H26ClN3O2. The third kappa shape index (κ3) is 3.94. The van der Waals surface area contributed by atoms with E-state index in [1.54, 1.807) is 24.3 Å². The molecule has 4 rings (SSSR count). The van der Waals surface area contributed by atoms with Crippen LogP contribution in [0.1, 0.15) is 41.9 Å². The minimum Gasteiger partial charge on any atom is -0.358 e. The monoisotopic (exact) mass is 423 g/mol. The lowest BCUT2D eigenvalue weighted by Gasteiger charge is -2.33. The van der Waals surface area contributed by atoms with Crippen LogP contribution in [0.4, 0.5) is 0 Å². The van der Waals surface area contributed by atoms with Gasteiger partial charge in [-0.3, -0.25) is 9.59 Å². The normalized spacial score (nSPS) is 15.5. The van der Waals surface area contributed by atoms with Crippen LogP contribution >= 0.6 is 11.6 Å². The van der Waals surface area contributed by atoms with Crippen molar-refractivity contribution in [1.29, 1.82) is 0 Å². The number of carbonyl (C=O) groups is 2. The number of aromatic amines is 1. The second-order valence-corrected chi connectivity index (χ2v) is 8.42. The minimum atomic E-state index is -0.565. The molecular weight excluding hydrogens is 398 g/mol. The smallest absolute Gasteiger partial charge is 0.251 e. The molecule has 6 heteroatoms. The van der Waals surface area contributed by atoms with Crippen LogP contribution in [0.5, 0.6) is 0 Å². The van der Waals surface area contributed by atoms with Gasteiger partial charge in [-0.1, -0.05) is 50.1 Å². The first-order valence-corrected chi connectivity index (χ1v) is 10.8. The second kappa shape index (κ2) is 8.52. The number of hydrogen-bond acceptors (Lipinski definition) is 2. The highest BCUT2D eigenvalue weighted by Gasteiger charge is 2.32. The number of aromatic nitrogens is 1. The summed E-state index contributed by atoms with van der Waals surface area (Å²) in [4.78, 5) is 31.6. The van der Waals surface area contributed by atoms with Crippen LogP contribution in [0.2, 0.25) is 5.02 Å². The quantitative estimate of drug-likeness (QED) is 0.632.